The molecule has 6 N–H and O–H groups in total. The van der Waals surface area contributed by atoms with Gasteiger partial charge in [0.05, 0.1) is 24.8 Å². The van der Waals surface area contributed by atoms with Crippen LogP contribution in [0, 0.1) is 0 Å². The number of unbranched alkanes of at least 4 members (excludes halogenated alkanes) is 1. The lowest BCUT2D eigenvalue weighted by atomic mass is 9.95. The summed E-state index contributed by atoms with van der Waals surface area (Å²) in [5.41, 5.74) is 7.54. The van der Waals surface area contributed by atoms with Crippen molar-refractivity contribution in [3.8, 4) is 11.5 Å². The van der Waals surface area contributed by atoms with Crippen LogP contribution >= 0.6 is 0 Å². The number of carbonyl (C=O) groups is 3. The lowest BCUT2D eigenvalue weighted by Crippen LogP contribution is -2.47. The Morgan fingerprint density at radius 2 is 1.78 bits per heavy atom. The summed E-state index contributed by atoms with van der Waals surface area (Å²) in [6.07, 6.45) is 1.96. The minimum atomic E-state index is -0.624. The second-order valence-corrected chi connectivity index (χ2v) is 8.78. The Kier molecular flexibility index (Phi) is 8.02. The first-order valence-electron chi connectivity index (χ1n) is 11.9. The number of aromatic hydroxyl groups is 1. The van der Waals surface area contributed by atoms with Crippen LogP contribution in [0.5, 0.6) is 11.5 Å². The third-order valence-electron chi connectivity index (χ3n) is 6.11. The third-order valence-corrected chi connectivity index (χ3v) is 6.11. The van der Waals surface area contributed by atoms with Crippen molar-refractivity contribution in [1.29, 1.82) is 0 Å². The Bertz CT molecular complexity index is 1280. The summed E-state index contributed by atoms with van der Waals surface area (Å²) in [5.74, 6) is -0.463. The summed E-state index contributed by atoms with van der Waals surface area (Å²) in [6, 6.07) is 16.1. The molecule has 1 aliphatic heterocycles. The van der Waals surface area contributed by atoms with Gasteiger partial charge < -0.3 is 31.5 Å². The van der Waals surface area contributed by atoms with E-state index in [9.17, 15) is 19.5 Å². The van der Waals surface area contributed by atoms with E-state index in [4.69, 9.17) is 10.5 Å². The van der Waals surface area contributed by atoms with Crippen molar-refractivity contribution in [2.24, 2.45) is 5.73 Å². The van der Waals surface area contributed by atoms with Crippen LogP contribution in [-0.4, -0.2) is 48.6 Å². The molecule has 0 aromatic heterocycles. The normalized spacial score (nSPS) is 14.6. The van der Waals surface area contributed by atoms with Crippen LogP contribution in [0.2, 0.25) is 0 Å². The van der Waals surface area contributed by atoms with Crippen molar-refractivity contribution < 1.29 is 24.2 Å². The van der Waals surface area contributed by atoms with Crippen molar-refractivity contribution in [2.75, 3.05) is 19.7 Å². The molecule has 0 radical (unpaired) electrons. The Balaban J connectivity index is 1.26. The molecular weight excluding hydrogens is 460 g/mol. The number of amides is 3. The highest BCUT2D eigenvalue weighted by Gasteiger charge is 2.24. The summed E-state index contributed by atoms with van der Waals surface area (Å²) in [7, 11) is 0. The molecule has 0 spiro atoms. The predicted molar refractivity (Wildman–Crippen MR) is 136 cm³/mol. The molecular formula is C27H30N4O5. The minimum Gasteiger partial charge on any atom is -0.508 e. The van der Waals surface area contributed by atoms with E-state index in [1.54, 1.807) is 18.2 Å². The van der Waals surface area contributed by atoms with Gasteiger partial charge in [0.2, 0.25) is 11.8 Å². The van der Waals surface area contributed by atoms with Gasteiger partial charge in [0.25, 0.3) is 5.91 Å². The molecule has 1 atom stereocenters. The number of hydrogen-bond donors (Lipinski definition) is 5. The Morgan fingerprint density at radius 3 is 2.56 bits per heavy atom. The van der Waals surface area contributed by atoms with Crippen molar-refractivity contribution in [2.45, 2.75) is 31.8 Å². The number of benzene rings is 3. The molecule has 4 rings (SSSR count). The van der Waals surface area contributed by atoms with E-state index < -0.39 is 11.8 Å². The first-order chi connectivity index (χ1) is 17.4. The van der Waals surface area contributed by atoms with E-state index >= 15 is 0 Å². The average Bonchev–Trinajstić information content (AvgIpc) is 2.88. The van der Waals surface area contributed by atoms with E-state index in [1.807, 2.05) is 36.4 Å². The first-order valence-corrected chi connectivity index (χ1v) is 11.9. The maximum absolute atomic E-state index is 12.6. The zero-order valence-electron chi connectivity index (χ0n) is 19.9. The third kappa shape index (κ3) is 6.31. The van der Waals surface area contributed by atoms with E-state index in [-0.39, 0.29) is 24.2 Å². The SMILES string of the molecule is NC(=O)CNC(=O)c1cc2ccccc2cc1OCCCCNC(=O)C1Cc2ccc(O)cc2CN1. The number of phenols is 1. The molecule has 0 aliphatic carbocycles. The lowest BCUT2D eigenvalue weighted by molar-refractivity contribution is -0.123. The molecule has 1 aliphatic rings. The van der Waals surface area contributed by atoms with Crippen molar-refractivity contribution >= 4 is 28.5 Å². The Hall–Kier alpha value is -4.11. The molecule has 0 saturated carbocycles. The van der Waals surface area contributed by atoms with Crippen LogP contribution in [-0.2, 0) is 22.6 Å². The second-order valence-electron chi connectivity index (χ2n) is 8.78. The van der Waals surface area contributed by atoms with E-state index in [0.717, 1.165) is 21.9 Å². The number of nitrogens with two attached hydrogens (primary N) is 1. The molecule has 9 heteroatoms. The van der Waals surface area contributed by atoms with Gasteiger partial charge in [-0.25, -0.2) is 0 Å². The number of carbonyl (C=O) groups excluding carboxylic acids is 3. The number of ether oxygens (including phenoxy) is 1. The minimum absolute atomic E-state index is 0.0578. The Morgan fingerprint density at radius 1 is 1.00 bits per heavy atom. The first kappa shape index (κ1) is 25.0. The maximum atomic E-state index is 12.6. The van der Waals surface area contributed by atoms with E-state index in [0.29, 0.717) is 50.3 Å². The highest BCUT2D eigenvalue weighted by molar-refractivity contribution is 6.02. The monoisotopic (exact) mass is 490 g/mol. The topological polar surface area (TPSA) is 143 Å². The molecule has 9 nitrogen and oxygen atoms in total. The molecule has 36 heavy (non-hydrogen) atoms. The Labute approximate surface area is 209 Å². The highest BCUT2D eigenvalue weighted by atomic mass is 16.5. The highest BCUT2D eigenvalue weighted by Crippen LogP contribution is 2.26. The van der Waals surface area contributed by atoms with Gasteiger partial charge in [0.1, 0.15) is 11.5 Å². The molecule has 3 aromatic carbocycles. The lowest BCUT2D eigenvalue weighted by Gasteiger charge is -2.25. The fraction of sp³-hybridized carbons (Fsp3) is 0.296. The van der Waals surface area contributed by atoms with Gasteiger partial charge in [0.15, 0.2) is 0 Å². The molecule has 3 aromatic rings. The van der Waals surface area contributed by atoms with Crippen molar-refractivity contribution in [3.63, 3.8) is 0 Å². The molecule has 1 heterocycles. The van der Waals surface area contributed by atoms with Crippen LogP contribution in [0.4, 0.5) is 0 Å². The molecule has 1 unspecified atom stereocenters. The van der Waals surface area contributed by atoms with Crippen LogP contribution in [0.3, 0.4) is 0 Å². The summed E-state index contributed by atoms with van der Waals surface area (Å²) in [6.45, 7) is 1.15. The maximum Gasteiger partial charge on any atom is 0.255 e. The fourth-order valence-electron chi connectivity index (χ4n) is 4.21. The van der Waals surface area contributed by atoms with Crippen LogP contribution < -0.4 is 26.4 Å². The average molecular weight is 491 g/mol. The summed E-state index contributed by atoms with van der Waals surface area (Å²) < 4.78 is 5.92. The number of fused-ring (bicyclic) bond motifs is 2. The number of hydrogen-bond acceptors (Lipinski definition) is 6. The van der Waals surface area contributed by atoms with Crippen LogP contribution in [0.25, 0.3) is 10.8 Å². The smallest absolute Gasteiger partial charge is 0.255 e. The molecule has 188 valence electrons. The van der Waals surface area contributed by atoms with Crippen LogP contribution in [0.15, 0.2) is 54.6 Å². The van der Waals surface area contributed by atoms with Crippen molar-refractivity contribution in [1.82, 2.24) is 16.0 Å². The van der Waals surface area contributed by atoms with E-state index in [1.165, 1.54) is 0 Å². The van der Waals surface area contributed by atoms with Gasteiger partial charge in [-0.3, -0.25) is 14.4 Å². The predicted octanol–water partition coefficient (Wildman–Crippen LogP) is 1.75. The summed E-state index contributed by atoms with van der Waals surface area (Å²) >= 11 is 0. The zero-order valence-corrected chi connectivity index (χ0v) is 19.9. The van der Waals surface area contributed by atoms with Gasteiger partial charge in [0, 0.05) is 13.1 Å². The van der Waals surface area contributed by atoms with Gasteiger partial charge in [-0.2, -0.15) is 0 Å². The van der Waals surface area contributed by atoms with Gasteiger partial charge in [-0.15, -0.1) is 0 Å². The second kappa shape index (κ2) is 11.5. The van der Waals surface area contributed by atoms with E-state index in [2.05, 4.69) is 16.0 Å². The molecule has 0 fully saturated rings. The van der Waals surface area contributed by atoms with Crippen molar-refractivity contribution in [3.05, 3.63) is 71.3 Å². The number of primary amides is 1. The van der Waals surface area contributed by atoms with Gasteiger partial charge in [-0.05, 0) is 65.4 Å². The van der Waals surface area contributed by atoms with Gasteiger partial charge >= 0.3 is 0 Å². The quantitative estimate of drug-likeness (QED) is 0.274. The number of phenolic OH excluding ortho intramolecular Hbond substituents is 1. The summed E-state index contributed by atoms with van der Waals surface area (Å²) in [4.78, 5) is 36.2. The largest absolute Gasteiger partial charge is 0.508 e. The number of nitrogens with one attached hydrogen (secondary N) is 3. The molecule has 3 amide bonds. The zero-order chi connectivity index (χ0) is 25.5. The summed E-state index contributed by atoms with van der Waals surface area (Å²) in [5, 5.41) is 20.1. The molecule has 0 saturated heterocycles. The standard InChI is InChI=1S/C27H30N4O5/c28-25(33)16-31-26(34)22-12-17-5-1-2-6-18(17)14-24(22)36-10-4-3-9-29-27(35)23-13-19-7-8-21(32)11-20(19)15-30-23/h1-2,5-8,11-12,14,23,30,32H,3-4,9-10,13,15-16H2,(H2,28,33)(H,29,35)(H,31,34). The fourth-order valence-corrected chi connectivity index (χ4v) is 4.21. The van der Waals surface area contributed by atoms with Crippen LogP contribution in [0.1, 0.15) is 34.3 Å². The molecule has 0 bridgehead atoms. The number of rotatable bonds is 10. The van der Waals surface area contributed by atoms with Gasteiger partial charge in [-0.1, -0.05) is 30.3 Å².